The number of aromatic amines is 1. The number of carbonyl (C=O) groups is 1. The van der Waals surface area contributed by atoms with Crippen LogP contribution < -0.4 is 10.9 Å². The lowest BCUT2D eigenvalue weighted by Gasteiger charge is -2.18. The zero-order chi connectivity index (χ0) is 16.4. The minimum atomic E-state index is -0.722. The highest BCUT2D eigenvalue weighted by molar-refractivity contribution is 6.06. The summed E-state index contributed by atoms with van der Waals surface area (Å²) in [5, 5.41) is 21.9. The second-order valence-corrected chi connectivity index (χ2v) is 5.45. The number of para-hydroxylation sites is 1. The Bertz CT molecular complexity index is 878. The normalized spacial score (nSPS) is 13.0. The zero-order valence-electron chi connectivity index (χ0n) is 12.3. The molecule has 1 aliphatic rings. The smallest absolute Gasteiger partial charge is 0.265 e. The van der Waals surface area contributed by atoms with Crippen molar-refractivity contribution >= 4 is 11.6 Å². The Morgan fingerprint density at radius 1 is 1.26 bits per heavy atom. The van der Waals surface area contributed by atoms with Crippen LogP contribution in [0.1, 0.15) is 40.0 Å². The Balaban J connectivity index is 2.00. The number of nitrogens with zero attached hydrogens (tertiary/aromatic N) is 1. The Morgan fingerprint density at radius 3 is 2.78 bits per heavy atom. The zero-order valence-corrected chi connectivity index (χ0v) is 12.3. The maximum absolute atomic E-state index is 12.4. The van der Waals surface area contributed by atoms with Gasteiger partial charge in [-0.05, 0) is 37.8 Å². The number of hydrogen-bond donors (Lipinski definition) is 3. The van der Waals surface area contributed by atoms with Crippen molar-refractivity contribution in [3.8, 4) is 11.8 Å². The SMILES string of the molecule is N#Cc1ccccc1NC(=O)c1c(O)c2c([nH]c1=O)CCCC2. The van der Waals surface area contributed by atoms with Crippen LogP contribution in [-0.2, 0) is 12.8 Å². The standard InChI is InChI=1S/C17H15N3O3/c18-9-10-5-1-3-7-12(10)19-16(22)14-15(21)11-6-2-4-8-13(11)20-17(14)23/h1,3,5,7H,2,4,6,8H2,(H,19,22)(H2,20,21,23). The largest absolute Gasteiger partial charge is 0.507 e. The first-order chi connectivity index (χ1) is 11.1. The number of nitriles is 1. The first-order valence-electron chi connectivity index (χ1n) is 7.39. The fourth-order valence-corrected chi connectivity index (χ4v) is 2.85. The van der Waals surface area contributed by atoms with E-state index in [0.717, 1.165) is 12.8 Å². The van der Waals surface area contributed by atoms with Gasteiger partial charge in [0.1, 0.15) is 17.4 Å². The molecule has 0 atom stereocenters. The molecule has 23 heavy (non-hydrogen) atoms. The lowest BCUT2D eigenvalue weighted by molar-refractivity contribution is 0.102. The minimum absolute atomic E-state index is 0.254. The number of amides is 1. The van der Waals surface area contributed by atoms with Crippen LogP contribution in [0.25, 0.3) is 0 Å². The van der Waals surface area contributed by atoms with Gasteiger partial charge in [0, 0.05) is 11.3 Å². The van der Waals surface area contributed by atoms with Crippen molar-refractivity contribution in [2.75, 3.05) is 5.32 Å². The van der Waals surface area contributed by atoms with Crippen molar-refractivity contribution in [3.63, 3.8) is 0 Å². The molecule has 0 aliphatic heterocycles. The lowest BCUT2D eigenvalue weighted by Crippen LogP contribution is -2.26. The number of H-pyrrole nitrogens is 1. The lowest BCUT2D eigenvalue weighted by atomic mass is 9.93. The summed E-state index contributed by atoms with van der Waals surface area (Å²) in [4.78, 5) is 27.3. The topological polar surface area (TPSA) is 106 Å². The van der Waals surface area contributed by atoms with E-state index in [4.69, 9.17) is 5.26 Å². The Hall–Kier alpha value is -3.07. The molecule has 2 aromatic rings. The fourth-order valence-electron chi connectivity index (χ4n) is 2.85. The highest BCUT2D eigenvalue weighted by Crippen LogP contribution is 2.29. The summed E-state index contributed by atoms with van der Waals surface area (Å²) in [5.74, 6) is -0.977. The highest BCUT2D eigenvalue weighted by atomic mass is 16.3. The number of hydrogen-bond acceptors (Lipinski definition) is 4. The number of benzene rings is 1. The van der Waals surface area contributed by atoms with Crippen LogP contribution in [0.4, 0.5) is 5.69 Å². The number of fused-ring (bicyclic) bond motifs is 1. The molecule has 1 amide bonds. The van der Waals surface area contributed by atoms with Gasteiger partial charge in [0.25, 0.3) is 11.5 Å². The molecule has 3 rings (SSSR count). The van der Waals surface area contributed by atoms with E-state index in [1.807, 2.05) is 6.07 Å². The molecule has 1 heterocycles. The highest BCUT2D eigenvalue weighted by Gasteiger charge is 2.24. The van der Waals surface area contributed by atoms with Gasteiger partial charge in [0.05, 0.1) is 11.3 Å². The van der Waals surface area contributed by atoms with Crippen LogP contribution in [0.2, 0.25) is 0 Å². The average Bonchev–Trinajstić information content (AvgIpc) is 2.55. The molecule has 1 aromatic carbocycles. The van der Waals surface area contributed by atoms with Gasteiger partial charge in [0.15, 0.2) is 0 Å². The second-order valence-electron chi connectivity index (χ2n) is 5.45. The Morgan fingerprint density at radius 2 is 2.00 bits per heavy atom. The third kappa shape index (κ3) is 2.69. The van der Waals surface area contributed by atoms with Crippen molar-refractivity contribution in [1.29, 1.82) is 5.26 Å². The Kier molecular flexibility index (Phi) is 3.85. The van der Waals surface area contributed by atoms with Gasteiger partial charge in [-0.3, -0.25) is 9.59 Å². The van der Waals surface area contributed by atoms with E-state index in [1.165, 1.54) is 0 Å². The summed E-state index contributed by atoms with van der Waals surface area (Å²) in [6.45, 7) is 0. The van der Waals surface area contributed by atoms with Gasteiger partial charge in [-0.1, -0.05) is 12.1 Å². The molecular formula is C17H15N3O3. The molecule has 3 N–H and O–H groups in total. The number of aromatic hydroxyl groups is 1. The molecule has 0 saturated heterocycles. The molecule has 0 bridgehead atoms. The molecule has 0 fully saturated rings. The van der Waals surface area contributed by atoms with Crippen LogP contribution >= 0.6 is 0 Å². The molecule has 6 nitrogen and oxygen atoms in total. The van der Waals surface area contributed by atoms with E-state index in [-0.39, 0.29) is 16.9 Å². The van der Waals surface area contributed by atoms with E-state index in [1.54, 1.807) is 24.3 Å². The van der Waals surface area contributed by atoms with Gasteiger partial charge in [-0.2, -0.15) is 5.26 Å². The predicted octanol–water partition coefficient (Wildman–Crippen LogP) is 2.08. The molecule has 1 aliphatic carbocycles. The number of anilines is 1. The van der Waals surface area contributed by atoms with Gasteiger partial charge < -0.3 is 15.4 Å². The van der Waals surface area contributed by atoms with E-state index >= 15 is 0 Å². The van der Waals surface area contributed by atoms with Crippen molar-refractivity contribution in [3.05, 3.63) is 57.0 Å². The first kappa shape index (κ1) is 14.9. The quantitative estimate of drug-likeness (QED) is 0.789. The molecule has 0 radical (unpaired) electrons. The average molecular weight is 309 g/mol. The van der Waals surface area contributed by atoms with Crippen molar-refractivity contribution in [2.24, 2.45) is 0 Å². The predicted molar refractivity (Wildman–Crippen MR) is 84.5 cm³/mol. The van der Waals surface area contributed by atoms with E-state index in [2.05, 4.69) is 10.3 Å². The molecule has 6 heteroatoms. The fraction of sp³-hybridized carbons (Fsp3) is 0.235. The third-order valence-corrected chi connectivity index (χ3v) is 4.00. The second kappa shape index (κ2) is 5.97. The summed E-state index contributed by atoms with van der Waals surface area (Å²) in [7, 11) is 0. The monoisotopic (exact) mass is 309 g/mol. The van der Waals surface area contributed by atoms with Crippen molar-refractivity contribution in [2.45, 2.75) is 25.7 Å². The van der Waals surface area contributed by atoms with Crippen molar-refractivity contribution < 1.29 is 9.90 Å². The Labute approximate surface area is 132 Å². The molecule has 0 unspecified atom stereocenters. The summed E-state index contributed by atoms with van der Waals surface area (Å²) in [6.07, 6.45) is 3.18. The number of rotatable bonds is 2. The van der Waals surface area contributed by atoms with Crippen molar-refractivity contribution in [1.82, 2.24) is 4.98 Å². The number of carbonyl (C=O) groups excluding carboxylic acids is 1. The van der Waals surface area contributed by atoms with Crippen LogP contribution in [0, 0.1) is 11.3 Å². The van der Waals surface area contributed by atoms with E-state index in [0.29, 0.717) is 29.8 Å². The van der Waals surface area contributed by atoms with Gasteiger partial charge in [-0.15, -0.1) is 0 Å². The molecule has 0 saturated carbocycles. The number of pyridine rings is 1. The van der Waals surface area contributed by atoms with Crippen LogP contribution in [0.3, 0.4) is 0 Å². The van der Waals surface area contributed by atoms with Crippen LogP contribution in [-0.4, -0.2) is 16.0 Å². The maximum atomic E-state index is 12.4. The number of aromatic nitrogens is 1. The van der Waals surface area contributed by atoms with Gasteiger partial charge >= 0.3 is 0 Å². The molecule has 1 aromatic heterocycles. The molecular weight excluding hydrogens is 294 g/mol. The first-order valence-corrected chi connectivity index (χ1v) is 7.39. The van der Waals surface area contributed by atoms with Gasteiger partial charge in [0.2, 0.25) is 0 Å². The van der Waals surface area contributed by atoms with E-state index in [9.17, 15) is 14.7 Å². The third-order valence-electron chi connectivity index (χ3n) is 4.00. The summed E-state index contributed by atoms with van der Waals surface area (Å²) < 4.78 is 0. The van der Waals surface area contributed by atoms with Gasteiger partial charge in [-0.25, -0.2) is 0 Å². The molecule has 116 valence electrons. The maximum Gasteiger partial charge on any atom is 0.265 e. The number of aryl methyl sites for hydroxylation is 1. The van der Waals surface area contributed by atoms with E-state index < -0.39 is 11.5 Å². The number of nitrogens with one attached hydrogen (secondary N) is 2. The summed E-state index contributed by atoms with van der Waals surface area (Å²) >= 11 is 0. The minimum Gasteiger partial charge on any atom is -0.507 e. The van der Waals surface area contributed by atoms with Crippen LogP contribution in [0.5, 0.6) is 5.75 Å². The molecule has 0 spiro atoms. The summed E-state index contributed by atoms with van der Waals surface area (Å²) in [5.41, 5.74) is 1.00. The summed E-state index contributed by atoms with van der Waals surface area (Å²) in [6, 6.07) is 8.45. The van der Waals surface area contributed by atoms with Crippen LogP contribution in [0.15, 0.2) is 29.1 Å².